The third-order valence-corrected chi connectivity index (χ3v) is 3.05. The molecular formula is C9H18S. The van der Waals surface area contributed by atoms with Crippen molar-refractivity contribution in [3.8, 4) is 0 Å². The van der Waals surface area contributed by atoms with E-state index >= 15 is 0 Å². The van der Waals surface area contributed by atoms with E-state index in [-0.39, 0.29) is 0 Å². The van der Waals surface area contributed by atoms with Crippen molar-refractivity contribution in [1.82, 2.24) is 0 Å². The Kier molecular flexibility index (Phi) is 3.61. The first-order valence-electron chi connectivity index (χ1n) is 4.45. The number of thiol groups is 1. The molecule has 0 spiro atoms. The minimum Gasteiger partial charge on any atom is -0.179 e. The molecule has 0 saturated heterocycles. The van der Waals surface area contributed by atoms with E-state index in [1.54, 1.807) is 0 Å². The average Bonchev–Trinajstić information content (AvgIpc) is 1.94. The van der Waals surface area contributed by atoms with Gasteiger partial charge in [-0.1, -0.05) is 32.6 Å². The largest absolute Gasteiger partial charge is 0.179 e. The summed E-state index contributed by atoms with van der Waals surface area (Å²) in [5, 5.41) is 0. The van der Waals surface area contributed by atoms with Crippen molar-refractivity contribution in [1.29, 1.82) is 0 Å². The smallest absolute Gasteiger partial charge is 0.00952 e. The second-order valence-electron chi connectivity index (χ2n) is 3.53. The molecule has 1 saturated carbocycles. The molecule has 0 aliphatic heterocycles. The fourth-order valence-corrected chi connectivity index (χ4v) is 2.32. The van der Waals surface area contributed by atoms with Gasteiger partial charge in [0.15, 0.2) is 0 Å². The highest BCUT2D eigenvalue weighted by atomic mass is 32.1. The first-order valence-corrected chi connectivity index (χ1v) is 5.08. The third-order valence-electron chi connectivity index (χ3n) is 2.79. The molecule has 0 bridgehead atoms. The van der Waals surface area contributed by atoms with E-state index in [9.17, 15) is 0 Å². The van der Waals surface area contributed by atoms with Crippen LogP contribution in [0.1, 0.15) is 39.0 Å². The second kappa shape index (κ2) is 4.27. The Morgan fingerprint density at radius 3 is 2.60 bits per heavy atom. The molecule has 1 aliphatic carbocycles. The molecule has 60 valence electrons. The molecule has 2 unspecified atom stereocenters. The lowest BCUT2D eigenvalue weighted by molar-refractivity contribution is 0.251. The summed E-state index contributed by atoms with van der Waals surface area (Å²) in [6.45, 7) is 2.40. The molecule has 1 fully saturated rings. The van der Waals surface area contributed by atoms with Crippen molar-refractivity contribution < 1.29 is 0 Å². The van der Waals surface area contributed by atoms with E-state index in [4.69, 9.17) is 0 Å². The van der Waals surface area contributed by atoms with Crippen molar-refractivity contribution in [3.05, 3.63) is 0 Å². The van der Waals surface area contributed by atoms with Crippen molar-refractivity contribution in [3.63, 3.8) is 0 Å². The van der Waals surface area contributed by atoms with Gasteiger partial charge in [0.2, 0.25) is 0 Å². The zero-order chi connectivity index (χ0) is 7.40. The number of rotatable bonds is 2. The van der Waals surface area contributed by atoms with Gasteiger partial charge in [0.1, 0.15) is 0 Å². The molecule has 0 heterocycles. The van der Waals surface area contributed by atoms with Crippen LogP contribution in [-0.2, 0) is 0 Å². The summed E-state index contributed by atoms with van der Waals surface area (Å²) in [4.78, 5) is 0. The Bertz CT molecular complexity index is 88.7. The van der Waals surface area contributed by atoms with E-state index < -0.39 is 0 Å². The van der Waals surface area contributed by atoms with Crippen LogP contribution in [-0.4, -0.2) is 5.75 Å². The van der Waals surface area contributed by atoms with E-state index in [2.05, 4.69) is 19.6 Å². The van der Waals surface area contributed by atoms with E-state index in [0.717, 1.165) is 17.6 Å². The lowest BCUT2D eigenvalue weighted by Crippen LogP contribution is -2.16. The van der Waals surface area contributed by atoms with E-state index in [1.165, 1.54) is 32.1 Å². The van der Waals surface area contributed by atoms with Crippen LogP contribution < -0.4 is 0 Å². The van der Waals surface area contributed by atoms with Crippen molar-refractivity contribution >= 4 is 12.6 Å². The maximum absolute atomic E-state index is 4.27. The van der Waals surface area contributed by atoms with Gasteiger partial charge >= 0.3 is 0 Å². The zero-order valence-electron chi connectivity index (χ0n) is 6.84. The lowest BCUT2D eigenvalue weighted by atomic mass is 9.79. The highest BCUT2D eigenvalue weighted by Crippen LogP contribution is 2.31. The molecule has 0 aromatic heterocycles. The van der Waals surface area contributed by atoms with Gasteiger partial charge < -0.3 is 0 Å². The zero-order valence-corrected chi connectivity index (χ0v) is 7.74. The molecule has 1 heteroatoms. The van der Waals surface area contributed by atoms with Gasteiger partial charge in [0.05, 0.1) is 0 Å². The van der Waals surface area contributed by atoms with Gasteiger partial charge in [0, 0.05) is 0 Å². The van der Waals surface area contributed by atoms with E-state index in [1.807, 2.05) is 0 Å². The molecule has 1 aliphatic rings. The summed E-state index contributed by atoms with van der Waals surface area (Å²) in [7, 11) is 0. The summed E-state index contributed by atoms with van der Waals surface area (Å²) in [6, 6.07) is 0. The van der Waals surface area contributed by atoms with E-state index in [0.29, 0.717) is 0 Å². The Morgan fingerprint density at radius 2 is 2.00 bits per heavy atom. The normalized spacial score (nSPS) is 34.2. The topological polar surface area (TPSA) is 0 Å². The summed E-state index contributed by atoms with van der Waals surface area (Å²) in [6.07, 6.45) is 7.18. The predicted molar refractivity (Wildman–Crippen MR) is 49.6 cm³/mol. The molecule has 0 aromatic rings. The Labute approximate surface area is 69.8 Å². The maximum Gasteiger partial charge on any atom is -0.00952 e. The van der Waals surface area contributed by atoms with Gasteiger partial charge in [-0.25, -0.2) is 0 Å². The quantitative estimate of drug-likeness (QED) is 0.586. The van der Waals surface area contributed by atoms with Crippen molar-refractivity contribution in [2.24, 2.45) is 11.8 Å². The van der Waals surface area contributed by atoms with Crippen LogP contribution in [0.5, 0.6) is 0 Å². The molecular weight excluding hydrogens is 140 g/mol. The Hall–Kier alpha value is 0.350. The minimum atomic E-state index is 0.973. The standard InChI is InChI=1S/C9H18S/c1-8-4-2-3-5-9(8)6-7-10/h8-10H,2-7H2,1H3. The number of hydrogen-bond acceptors (Lipinski definition) is 1. The van der Waals surface area contributed by atoms with Gasteiger partial charge in [-0.15, -0.1) is 0 Å². The summed E-state index contributed by atoms with van der Waals surface area (Å²) in [5.41, 5.74) is 0. The summed E-state index contributed by atoms with van der Waals surface area (Å²) >= 11 is 4.27. The highest BCUT2D eigenvalue weighted by molar-refractivity contribution is 7.80. The van der Waals surface area contributed by atoms with Crippen LogP contribution in [0.2, 0.25) is 0 Å². The minimum absolute atomic E-state index is 0.973. The molecule has 2 atom stereocenters. The fraction of sp³-hybridized carbons (Fsp3) is 1.00. The van der Waals surface area contributed by atoms with Crippen LogP contribution in [0.3, 0.4) is 0 Å². The predicted octanol–water partition coefficient (Wildman–Crippen LogP) is 3.13. The Morgan fingerprint density at radius 1 is 1.30 bits per heavy atom. The van der Waals surface area contributed by atoms with Crippen LogP contribution in [0.4, 0.5) is 0 Å². The first-order chi connectivity index (χ1) is 4.84. The van der Waals surface area contributed by atoms with Gasteiger partial charge in [-0.3, -0.25) is 0 Å². The third kappa shape index (κ3) is 2.19. The molecule has 0 radical (unpaired) electrons. The van der Waals surface area contributed by atoms with Crippen molar-refractivity contribution in [2.45, 2.75) is 39.0 Å². The second-order valence-corrected chi connectivity index (χ2v) is 3.98. The van der Waals surface area contributed by atoms with Crippen LogP contribution >= 0.6 is 12.6 Å². The van der Waals surface area contributed by atoms with Gasteiger partial charge in [0.25, 0.3) is 0 Å². The van der Waals surface area contributed by atoms with Crippen LogP contribution in [0, 0.1) is 11.8 Å². The summed E-state index contributed by atoms with van der Waals surface area (Å²) < 4.78 is 0. The SMILES string of the molecule is CC1CCCCC1CCS. The lowest BCUT2D eigenvalue weighted by Gasteiger charge is -2.27. The molecule has 1 rings (SSSR count). The van der Waals surface area contributed by atoms with Crippen molar-refractivity contribution in [2.75, 3.05) is 5.75 Å². The highest BCUT2D eigenvalue weighted by Gasteiger charge is 2.19. The first kappa shape index (κ1) is 8.45. The van der Waals surface area contributed by atoms with Gasteiger partial charge in [-0.2, -0.15) is 12.6 Å². The summed E-state index contributed by atoms with van der Waals surface area (Å²) in [5.74, 6) is 3.04. The maximum atomic E-state index is 4.27. The fourth-order valence-electron chi connectivity index (χ4n) is 1.99. The Balaban J connectivity index is 2.25. The molecule has 0 nitrogen and oxygen atoms in total. The van der Waals surface area contributed by atoms with Crippen LogP contribution in [0.25, 0.3) is 0 Å². The van der Waals surface area contributed by atoms with Crippen LogP contribution in [0.15, 0.2) is 0 Å². The molecule has 0 aromatic carbocycles. The van der Waals surface area contributed by atoms with Gasteiger partial charge in [-0.05, 0) is 24.0 Å². The monoisotopic (exact) mass is 158 g/mol. The number of hydrogen-bond donors (Lipinski definition) is 1. The average molecular weight is 158 g/mol. The molecule has 0 N–H and O–H groups in total. The molecule has 0 amide bonds. The molecule has 10 heavy (non-hydrogen) atoms.